The van der Waals surface area contributed by atoms with Crippen molar-refractivity contribution in [1.82, 2.24) is 0 Å². The number of benzene rings is 1. The molecule has 0 aliphatic rings. The predicted octanol–water partition coefficient (Wildman–Crippen LogP) is 2.84. The Labute approximate surface area is 118 Å². The Morgan fingerprint density at radius 3 is 2.10 bits per heavy atom. The first kappa shape index (κ1) is 17.2. The van der Waals surface area contributed by atoms with Crippen molar-refractivity contribution < 1.29 is 26.4 Å². The molecule has 0 radical (unpaired) electrons. The van der Waals surface area contributed by atoms with Gasteiger partial charge in [-0.2, -0.15) is 0 Å². The van der Waals surface area contributed by atoms with Gasteiger partial charge in [0.1, 0.15) is 0 Å². The average Bonchev–Trinajstić information content (AvgIpc) is 2.44. The van der Waals surface area contributed by atoms with Crippen molar-refractivity contribution >= 4 is 9.53 Å². The Bertz CT molecular complexity index is 391. The molecule has 0 unspecified atom stereocenters. The molecule has 20 heavy (non-hydrogen) atoms. The Morgan fingerprint density at radius 1 is 0.950 bits per heavy atom. The van der Waals surface area contributed by atoms with E-state index in [1.165, 1.54) is 14.2 Å². The smallest absolute Gasteiger partial charge is 0.379 e. The maximum atomic E-state index is 13.0. The van der Waals surface area contributed by atoms with E-state index in [1.54, 1.807) is 0 Å². The largest absolute Gasteiger partial charge is 0.483 e. The van der Waals surface area contributed by atoms with Crippen LogP contribution in [0.4, 0.5) is 13.2 Å². The summed E-state index contributed by atoms with van der Waals surface area (Å²) in [6.45, 7) is 0.532. The number of hydrogen-bond donors (Lipinski definition) is 0. The third-order valence-electron chi connectivity index (χ3n) is 2.79. The first-order chi connectivity index (χ1) is 9.58. The van der Waals surface area contributed by atoms with Crippen LogP contribution in [0.15, 0.2) is 12.1 Å². The lowest BCUT2D eigenvalue weighted by Crippen LogP contribution is -2.24. The van der Waals surface area contributed by atoms with E-state index in [-0.39, 0.29) is 0 Å². The van der Waals surface area contributed by atoms with Gasteiger partial charge in [0.15, 0.2) is 17.5 Å². The standard InChI is InChI=1S/C13H19F3O3Si/c1-17-20(18-2)19-7-5-3-4-6-10-8-11(14)13(16)12(15)9-10/h8-9,20H,3-7H2,1-2H3. The van der Waals surface area contributed by atoms with Gasteiger partial charge in [0.05, 0.1) is 0 Å². The SMILES string of the molecule is CO[SiH](OC)OCCCCCc1cc(F)c(F)c(F)c1. The van der Waals surface area contributed by atoms with E-state index < -0.39 is 27.0 Å². The highest BCUT2D eigenvalue weighted by atomic mass is 28.3. The van der Waals surface area contributed by atoms with Gasteiger partial charge >= 0.3 is 9.53 Å². The summed E-state index contributed by atoms with van der Waals surface area (Å²) in [6, 6.07) is 2.07. The van der Waals surface area contributed by atoms with Gasteiger partial charge in [0, 0.05) is 20.8 Å². The molecule has 1 rings (SSSR count). The molecule has 0 aliphatic carbocycles. The molecule has 0 aromatic heterocycles. The zero-order valence-electron chi connectivity index (χ0n) is 11.6. The Kier molecular flexibility index (Phi) is 7.82. The van der Waals surface area contributed by atoms with Crippen molar-refractivity contribution in [2.75, 3.05) is 20.8 Å². The number of unbranched alkanes of at least 4 members (excludes halogenated alkanes) is 2. The third-order valence-corrected chi connectivity index (χ3v) is 4.07. The summed E-state index contributed by atoms with van der Waals surface area (Å²) in [5.41, 5.74) is 0.461. The lowest BCUT2D eigenvalue weighted by atomic mass is 10.1. The molecule has 3 nitrogen and oxygen atoms in total. The summed E-state index contributed by atoms with van der Waals surface area (Å²) in [5.74, 6) is -3.70. The van der Waals surface area contributed by atoms with E-state index in [4.69, 9.17) is 13.3 Å². The van der Waals surface area contributed by atoms with Crippen LogP contribution in [0.5, 0.6) is 0 Å². The van der Waals surface area contributed by atoms with Crippen molar-refractivity contribution in [1.29, 1.82) is 0 Å². The molecule has 0 N–H and O–H groups in total. The van der Waals surface area contributed by atoms with Gasteiger partial charge in [-0.1, -0.05) is 6.42 Å². The number of halogens is 3. The summed E-state index contributed by atoms with van der Waals surface area (Å²) >= 11 is 0. The number of aryl methyl sites for hydroxylation is 1. The lowest BCUT2D eigenvalue weighted by molar-refractivity contribution is 0.133. The average molecular weight is 308 g/mol. The molecule has 7 heteroatoms. The minimum atomic E-state index is -1.96. The highest BCUT2D eigenvalue weighted by Gasteiger charge is 2.11. The molecule has 0 atom stereocenters. The minimum Gasteiger partial charge on any atom is -0.379 e. The molecule has 114 valence electrons. The zero-order valence-corrected chi connectivity index (χ0v) is 12.8. The maximum Gasteiger partial charge on any atom is 0.483 e. The quantitative estimate of drug-likeness (QED) is 0.399. The van der Waals surface area contributed by atoms with E-state index in [0.29, 0.717) is 18.6 Å². The summed E-state index contributed by atoms with van der Waals surface area (Å²) < 4.78 is 54.1. The molecule has 0 fully saturated rings. The fourth-order valence-electron chi connectivity index (χ4n) is 1.77. The third kappa shape index (κ3) is 5.62. The molecule has 0 spiro atoms. The Hall–Kier alpha value is -0.893. The molecular formula is C13H19F3O3Si. The van der Waals surface area contributed by atoms with Gasteiger partial charge in [0.25, 0.3) is 0 Å². The zero-order chi connectivity index (χ0) is 15.0. The van der Waals surface area contributed by atoms with Gasteiger partial charge in [-0.25, -0.2) is 13.2 Å². The van der Waals surface area contributed by atoms with Crippen LogP contribution >= 0.6 is 0 Å². The monoisotopic (exact) mass is 308 g/mol. The minimum absolute atomic E-state index is 0.461. The second kappa shape index (κ2) is 9.12. The molecular weight excluding hydrogens is 289 g/mol. The van der Waals surface area contributed by atoms with Gasteiger partial charge < -0.3 is 13.3 Å². The molecule has 0 amide bonds. The van der Waals surface area contributed by atoms with Gasteiger partial charge in [-0.15, -0.1) is 0 Å². The normalized spacial score (nSPS) is 11.3. The van der Waals surface area contributed by atoms with Crippen LogP contribution in [0, 0.1) is 17.5 Å². The van der Waals surface area contributed by atoms with Crippen LogP contribution in [0.3, 0.4) is 0 Å². The van der Waals surface area contributed by atoms with E-state index >= 15 is 0 Å². The Balaban J connectivity index is 2.22. The van der Waals surface area contributed by atoms with Gasteiger partial charge in [-0.3, -0.25) is 0 Å². The molecule has 0 saturated heterocycles. The molecule has 0 aliphatic heterocycles. The van der Waals surface area contributed by atoms with Gasteiger partial charge in [0.2, 0.25) is 0 Å². The fourth-order valence-corrected chi connectivity index (χ4v) is 2.60. The number of hydrogen-bond acceptors (Lipinski definition) is 3. The predicted molar refractivity (Wildman–Crippen MR) is 71.0 cm³/mol. The van der Waals surface area contributed by atoms with E-state index in [0.717, 1.165) is 31.4 Å². The van der Waals surface area contributed by atoms with Crippen LogP contribution in [-0.4, -0.2) is 30.4 Å². The van der Waals surface area contributed by atoms with Crippen LogP contribution in [-0.2, 0) is 19.7 Å². The summed E-state index contributed by atoms with van der Waals surface area (Å²) in [5, 5.41) is 0. The van der Waals surface area contributed by atoms with Crippen molar-refractivity contribution in [2.24, 2.45) is 0 Å². The van der Waals surface area contributed by atoms with Crippen LogP contribution < -0.4 is 0 Å². The van der Waals surface area contributed by atoms with Crippen LogP contribution in [0.2, 0.25) is 0 Å². The van der Waals surface area contributed by atoms with Crippen LogP contribution in [0.1, 0.15) is 24.8 Å². The lowest BCUT2D eigenvalue weighted by Gasteiger charge is -2.11. The van der Waals surface area contributed by atoms with Crippen LogP contribution in [0.25, 0.3) is 0 Å². The Morgan fingerprint density at radius 2 is 1.55 bits per heavy atom. The number of rotatable bonds is 9. The van der Waals surface area contributed by atoms with Crippen molar-refractivity contribution in [3.8, 4) is 0 Å². The highest BCUT2D eigenvalue weighted by Crippen LogP contribution is 2.15. The molecule has 1 aromatic carbocycles. The summed E-state index contributed by atoms with van der Waals surface area (Å²) in [6.07, 6.45) is 2.90. The van der Waals surface area contributed by atoms with E-state index in [1.807, 2.05) is 0 Å². The molecule has 0 saturated carbocycles. The first-order valence-electron chi connectivity index (χ1n) is 6.39. The van der Waals surface area contributed by atoms with Crippen molar-refractivity contribution in [3.63, 3.8) is 0 Å². The van der Waals surface area contributed by atoms with E-state index in [2.05, 4.69) is 0 Å². The topological polar surface area (TPSA) is 27.7 Å². The molecule has 0 heterocycles. The first-order valence-corrected chi connectivity index (χ1v) is 7.80. The highest BCUT2D eigenvalue weighted by molar-refractivity contribution is 6.36. The summed E-state index contributed by atoms with van der Waals surface area (Å²) in [7, 11) is 1.12. The fraction of sp³-hybridized carbons (Fsp3) is 0.538. The second-order valence-electron chi connectivity index (χ2n) is 4.31. The second-order valence-corrected chi connectivity index (χ2v) is 6.17. The van der Waals surface area contributed by atoms with Crippen molar-refractivity contribution in [2.45, 2.75) is 25.7 Å². The van der Waals surface area contributed by atoms with E-state index in [9.17, 15) is 13.2 Å². The molecule has 0 bridgehead atoms. The summed E-state index contributed by atoms with van der Waals surface area (Å²) in [4.78, 5) is 0. The molecule has 1 aromatic rings. The van der Waals surface area contributed by atoms with Gasteiger partial charge in [-0.05, 0) is 37.0 Å². The maximum absolute atomic E-state index is 13.0. The van der Waals surface area contributed by atoms with Crippen molar-refractivity contribution in [3.05, 3.63) is 35.1 Å².